The van der Waals surface area contributed by atoms with Crippen molar-refractivity contribution in [2.45, 2.75) is 133 Å². The van der Waals surface area contributed by atoms with Crippen LogP contribution in [-0.4, -0.2) is 16.8 Å². The van der Waals surface area contributed by atoms with Gasteiger partial charge in [0.05, 0.1) is 0 Å². The fourth-order valence-electron chi connectivity index (χ4n) is 5.19. The van der Waals surface area contributed by atoms with Gasteiger partial charge in [0.1, 0.15) is 9.79 Å². The quantitative estimate of drug-likeness (QED) is 0.0742. The highest BCUT2D eigenvalue weighted by atomic mass is 32.2. The van der Waals surface area contributed by atoms with Gasteiger partial charge in [-0.2, -0.15) is 16.8 Å². The summed E-state index contributed by atoms with van der Waals surface area (Å²) in [4.78, 5) is 0.000445. The number of benzene rings is 2. The minimum atomic E-state index is -4.17. The standard InChI is InChI=1S/C35H50O6S3/c1-3-5-6-7-8-9-10-11-12-13-14-15-16-17-19-31-22-26-33(27-23-31)44(38,39)41-35-29-42-28-34(35)40-43(36,37)32-24-20-30(18-4-2)21-25-32/h20-29H,3-19H2,1-2H3. The monoisotopic (exact) mass is 662 g/mol. The molecule has 1 aromatic heterocycles. The molecule has 3 aromatic rings. The van der Waals surface area contributed by atoms with Crippen molar-refractivity contribution in [3.05, 3.63) is 70.4 Å². The van der Waals surface area contributed by atoms with E-state index in [1.54, 1.807) is 12.1 Å². The Labute approximate surface area is 270 Å². The molecule has 0 radical (unpaired) electrons. The van der Waals surface area contributed by atoms with E-state index in [-0.39, 0.29) is 21.3 Å². The summed E-state index contributed by atoms with van der Waals surface area (Å²) >= 11 is 1.09. The van der Waals surface area contributed by atoms with Gasteiger partial charge >= 0.3 is 20.2 Å². The van der Waals surface area contributed by atoms with Crippen LogP contribution >= 0.6 is 11.3 Å². The first-order valence-electron chi connectivity index (χ1n) is 16.4. The van der Waals surface area contributed by atoms with E-state index in [0.717, 1.165) is 48.1 Å². The molecule has 0 aliphatic heterocycles. The molecule has 0 aliphatic carbocycles. The fourth-order valence-corrected chi connectivity index (χ4v) is 7.82. The lowest BCUT2D eigenvalue weighted by atomic mass is 10.0. The highest BCUT2D eigenvalue weighted by Gasteiger charge is 2.24. The lowest BCUT2D eigenvalue weighted by Crippen LogP contribution is -2.13. The van der Waals surface area contributed by atoms with Gasteiger partial charge in [-0.25, -0.2) is 0 Å². The van der Waals surface area contributed by atoms with Crippen LogP contribution in [0.5, 0.6) is 11.5 Å². The van der Waals surface area contributed by atoms with Crippen molar-refractivity contribution in [1.82, 2.24) is 0 Å². The first-order chi connectivity index (χ1) is 21.2. The van der Waals surface area contributed by atoms with Crippen LogP contribution in [-0.2, 0) is 33.1 Å². The summed E-state index contributed by atoms with van der Waals surface area (Å²) < 4.78 is 62.2. The van der Waals surface area contributed by atoms with E-state index < -0.39 is 20.2 Å². The molecule has 0 fully saturated rings. The molecule has 0 atom stereocenters. The molecular formula is C35H50O6S3. The van der Waals surface area contributed by atoms with Crippen molar-refractivity contribution >= 4 is 31.6 Å². The molecule has 0 bridgehead atoms. The van der Waals surface area contributed by atoms with Crippen molar-refractivity contribution in [3.8, 4) is 11.5 Å². The van der Waals surface area contributed by atoms with E-state index in [1.807, 2.05) is 12.1 Å². The summed E-state index contributed by atoms with van der Waals surface area (Å²) in [5.41, 5.74) is 2.11. The van der Waals surface area contributed by atoms with E-state index in [2.05, 4.69) is 13.8 Å². The Kier molecular flexibility index (Phi) is 15.8. The second kappa shape index (κ2) is 19.2. The Hall–Kier alpha value is -2.36. The van der Waals surface area contributed by atoms with E-state index >= 15 is 0 Å². The summed E-state index contributed by atoms with van der Waals surface area (Å²) in [5.74, 6) is -0.321. The van der Waals surface area contributed by atoms with Crippen molar-refractivity contribution in [1.29, 1.82) is 0 Å². The molecule has 0 N–H and O–H groups in total. The average Bonchev–Trinajstić information content (AvgIpc) is 3.42. The van der Waals surface area contributed by atoms with Gasteiger partial charge in [0.2, 0.25) is 0 Å². The average molecular weight is 663 g/mol. The zero-order chi connectivity index (χ0) is 31.7. The predicted octanol–water partition coefficient (Wildman–Crippen LogP) is 10.3. The fraction of sp³-hybridized carbons (Fsp3) is 0.543. The first kappa shape index (κ1) is 36.1. The lowest BCUT2D eigenvalue weighted by Gasteiger charge is -2.10. The van der Waals surface area contributed by atoms with E-state index in [1.165, 1.54) is 118 Å². The molecule has 0 spiro atoms. The molecule has 0 amide bonds. The van der Waals surface area contributed by atoms with Gasteiger partial charge in [-0.05, 0) is 54.7 Å². The highest BCUT2D eigenvalue weighted by Crippen LogP contribution is 2.36. The van der Waals surface area contributed by atoms with Crippen molar-refractivity contribution in [2.24, 2.45) is 0 Å². The Bertz CT molecular complexity index is 1430. The van der Waals surface area contributed by atoms with Crippen LogP contribution < -0.4 is 8.37 Å². The van der Waals surface area contributed by atoms with Gasteiger partial charge < -0.3 is 8.37 Å². The molecule has 2 aromatic carbocycles. The van der Waals surface area contributed by atoms with E-state index in [4.69, 9.17) is 8.37 Å². The highest BCUT2D eigenvalue weighted by molar-refractivity contribution is 7.87. The van der Waals surface area contributed by atoms with Crippen LogP contribution in [0.3, 0.4) is 0 Å². The molecular weight excluding hydrogens is 613 g/mol. The van der Waals surface area contributed by atoms with Crippen molar-refractivity contribution in [2.75, 3.05) is 0 Å². The number of aryl methyl sites for hydroxylation is 2. The molecule has 6 nitrogen and oxygen atoms in total. The van der Waals surface area contributed by atoms with Gasteiger partial charge in [0, 0.05) is 10.8 Å². The van der Waals surface area contributed by atoms with Crippen molar-refractivity contribution < 1.29 is 25.2 Å². The molecule has 3 rings (SSSR count). The zero-order valence-corrected chi connectivity index (χ0v) is 28.9. The lowest BCUT2D eigenvalue weighted by molar-refractivity contribution is 0.451. The van der Waals surface area contributed by atoms with Crippen LogP contribution in [0.25, 0.3) is 0 Å². The second-order valence-electron chi connectivity index (χ2n) is 11.6. The maximum absolute atomic E-state index is 13.0. The molecule has 1 heterocycles. The van der Waals surface area contributed by atoms with Gasteiger partial charge in [-0.3, -0.25) is 0 Å². The minimum Gasteiger partial charge on any atom is -0.374 e. The van der Waals surface area contributed by atoms with Crippen LogP contribution in [0.4, 0.5) is 0 Å². The molecule has 0 saturated carbocycles. The van der Waals surface area contributed by atoms with Gasteiger partial charge in [-0.1, -0.05) is 128 Å². The first-order valence-corrected chi connectivity index (χ1v) is 20.1. The summed E-state index contributed by atoms with van der Waals surface area (Å²) in [6, 6.07) is 13.2. The van der Waals surface area contributed by atoms with Crippen LogP contribution in [0.15, 0.2) is 69.1 Å². The van der Waals surface area contributed by atoms with Crippen LogP contribution in [0.2, 0.25) is 0 Å². The third-order valence-corrected chi connectivity index (χ3v) is 11.0. The van der Waals surface area contributed by atoms with Crippen LogP contribution in [0, 0.1) is 0 Å². The Morgan fingerprint density at radius 3 is 1.23 bits per heavy atom. The molecule has 9 heteroatoms. The third kappa shape index (κ3) is 12.6. The van der Waals surface area contributed by atoms with Gasteiger partial charge in [0.25, 0.3) is 0 Å². The predicted molar refractivity (Wildman–Crippen MR) is 181 cm³/mol. The summed E-state index contributed by atoms with van der Waals surface area (Å²) in [7, 11) is -8.33. The number of hydrogen-bond donors (Lipinski definition) is 0. The molecule has 0 unspecified atom stereocenters. The van der Waals surface area contributed by atoms with Gasteiger partial charge in [0.15, 0.2) is 11.5 Å². The molecule has 0 saturated heterocycles. The minimum absolute atomic E-state index is 0.00764. The maximum Gasteiger partial charge on any atom is 0.339 e. The normalized spacial score (nSPS) is 12.0. The Morgan fingerprint density at radius 1 is 0.477 bits per heavy atom. The molecule has 244 valence electrons. The number of hydrogen-bond acceptors (Lipinski definition) is 7. The summed E-state index contributed by atoms with van der Waals surface area (Å²) in [6.45, 7) is 4.31. The third-order valence-electron chi connectivity index (χ3n) is 7.77. The van der Waals surface area contributed by atoms with Crippen molar-refractivity contribution in [3.63, 3.8) is 0 Å². The maximum atomic E-state index is 13.0. The topological polar surface area (TPSA) is 86.7 Å². The largest absolute Gasteiger partial charge is 0.374 e. The smallest absolute Gasteiger partial charge is 0.339 e. The Balaban J connectivity index is 1.38. The number of unbranched alkanes of at least 4 members (excludes halogenated alkanes) is 13. The zero-order valence-electron chi connectivity index (χ0n) is 26.5. The number of thiophene rings is 1. The SMILES string of the molecule is CCCCCCCCCCCCCCCCc1ccc(S(=O)(=O)Oc2cscc2OS(=O)(=O)c2ccc(CCC)cc2)cc1. The summed E-state index contributed by atoms with van der Waals surface area (Å²) in [6.07, 6.45) is 21.1. The summed E-state index contributed by atoms with van der Waals surface area (Å²) in [5, 5.41) is 2.82. The number of rotatable bonds is 23. The van der Waals surface area contributed by atoms with E-state index in [0.29, 0.717) is 0 Å². The van der Waals surface area contributed by atoms with E-state index in [9.17, 15) is 16.8 Å². The molecule has 0 aliphatic rings. The molecule has 44 heavy (non-hydrogen) atoms. The Morgan fingerprint density at radius 2 is 0.841 bits per heavy atom. The second-order valence-corrected chi connectivity index (χ2v) is 15.4. The van der Waals surface area contributed by atoms with Gasteiger partial charge in [-0.15, -0.1) is 11.3 Å². The van der Waals surface area contributed by atoms with Crippen LogP contribution in [0.1, 0.15) is 121 Å².